The van der Waals surface area contributed by atoms with Gasteiger partial charge < -0.3 is 4.74 Å². The second kappa shape index (κ2) is 5.10. The Hall–Kier alpha value is -1.68. The highest BCUT2D eigenvalue weighted by Crippen LogP contribution is 2.22. The Labute approximate surface area is 108 Å². The maximum absolute atomic E-state index is 11.2. The summed E-state index contributed by atoms with van der Waals surface area (Å²) in [5.41, 5.74) is 0.590. The van der Waals surface area contributed by atoms with Crippen molar-refractivity contribution in [1.82, 2.24) is 4.98 Å². The highest BCUT2D eigenvalue weighted by Gasteiger charge is 2.03. The van der Waals surface area contributed by atoms with Crippen LogP contribution in [-0.2, 0) is 0 Å². The topological polar surface area (TPSA) is 39.2 Å². The molecule has 1 heterocycles. The molecule has 86 valence electrons. The van der Waals surface area contributed by atoms with Gasteiger partial charge in [0.1, 0.15) is 5.75 Å². The molecule has 4 heteroatoms. The van der Waals surface area contributed by atoms with E-state index in [1.807, 2.05) is 24.3 Å². The van der Waals surface area contributed by atoms with Crippen molar-refractivity contribution in [1.29, 1.82) is 0 Å². The highest BCUT2D eigenvalue weighted by atomic mass is 79.9. The third-order valence-corrected chi connectivity index (χ3v) is 2.71. The summed E-state index contributed by atoms with van der Waals surface area (Å²) in [7, 11) is 0. The molecule has 0 aliphatic heterocycles. The maximum Gasteiger partial charge on any atom is 0.219 e. The number of benzene rings is 1. The fraction of sp³-hybridized carbons (Fsp3) is 0.0769. The van der Waals surface area contributed by atoms with Gasteiger partial charge in [0, 0.05) is 22.3 Å². The first kappa shape index (κ1) is 11.8. The summed E-state index contributed by atoms with van der Waals surface area (Å²) in [6.45, 7) is 1.51. The lowest BCUT2D eigenvalue weighted by Crippen LogP contribution is -1.94. The molecule has 2 rings (SSSR count). The lowest BCUT2D eigenvalue weighted by Gasteiger charge is -2.05. The molecule has 0 spiro atoms. The van der Waals surface area contributed by atoms with Crippen LogP contribution in [0.1, 0.15) is 17.3 Å². The molecule has 1 aromatic carbocycles. The van der Waals surface area contributed by atoms with Crippen LogP contribution in [0.5, 0.6) is 11.6 Å². The van der Waals surface area contributed by atoms with Crippen molar-refractivity contribution in [2.75, 3.05) is 0 Å². The van der Waals surface area contributed by atoms with E-state index in [9.17, 15) is 4.79 Å². The van der Waals surface area contributed by atoms with Gasteiger partial charge >= 0.3 is 0 Å². The van der Waals surface area contributed by atoms with E-state index in [0.717, 1.165) is 4.47 Å². The molecule has 0 N–H and O–H groups in total. The van der Waals surface area contributed by atoms with E-state index in [1.165, 1.54) is 6.92 Å². The maximum atomic E-state index is 11.2. The second-order valence-electron chi connectivity index (χ2n) is 3.49. The second-order valence-corrected chi connectivity index (χ2v) is 4.41. The number of ether oxygens (including phenoxy) is 1. The monoisotopic (exact) mass is 291 g/mol. The average molecular weight is 292 g/mol. The van der Waals surface area contributed by atoms with Crippen LogP contribution in [0.3, 0.4) is 0 Å². The molecule has 1 aromatic heterocycles. The predicted molar refractivity (Wildman–Crippen MR) is 68.5 cm³/mol. The summed E-state index contributed by atoms with van der Waals surface area (Å²) in [4.78, 5) is 15.3. The van der Waals surface area contributed by atoms with Crippen molar-refractivity contribution in [3.63, 3.8) is 0 Å². The zero-order valence-electron chi connectivity index (χ0n) is 9.18. The van der Waals surface area contributed by atoms with E-state index in [1.54, 1.807) is 18.3 Å². The molecular weight excluding hydrogens is 282 g/mol. The predicted octanol–water partition coefficient (Wildman–Crippen LogP) is 3.84. The zero-order valence-corrected chi connectivity index (χ0v) is 10.8. The normalized spacial score (nSPS) is 10.0. The van der Waals surface area contributed by atoms with E-state index in [4.69, 9.17) is 4.74 Å². The molecule has 2 aromatic rings. The minimum atomic E-state index is -0.00643. The molecule has 0 saturated heterocycles. The Morgan fingerprint density at radius 2 is 1.94 bits per heavy atom. The van der Waals surface area contributed by atoms with Crippen LogP contribution in [-0.4, -0.2) is 10.8 Å². The molecule has 0 fully saturated rings. The smallest absolute Gasteiger partial charge is 0.219 e. The molecule has 0 aliphatic carbocycles. The first-order valence-electron chi connectivity index (χ1n) is 5.05. The molecule has 3 nitrogen and oxygen atoms in total. The lowest BCUT2D eigenvalue weighted by atomic mass is 10.2. The van der Waals surface area contributed by atoms with E-state index < -0.39 is 0 Å². The standard InChI is InChI=1S/C13H10BrNO2/c1-9(16)10-6-7-15-13(8-10)17-12-4-2-11(14)3-5-12/h2-8H,1H3. The van der Waals surface area contributed by atoms with Gasteiger partial charge in [0.2, 0.25) is 5.88 Å². The number of carbonyl (C=O) groups is 1. The molecule has 0 unspecified atom stereocenters. The highest BCUT2D eigenvalue weighted by molar-refractivity contribution is 9.10. The third kappa shape index (κ3) is 3.14. The number of hydrogen-bond donors (Lipinski definition) is 0. The number of carbonyl (C=O) groups excluding carboxylic acids is 1. The van der Waals surface area contributed by atoms with Crippen molar-refractivity contribution in [2.45, 2.75) is 6.92 Å². The van der Waals surface area contributed by atoms with Crippen LogP contribution >= 0.6 is 15.9 Å². The number of halogens is 1. The number of aromatic nitrogens is 1. The van der Waals surface area contributed by atoms with Crippen molar-refractivity contribution < 1.29 is 9.53 Å². The van der Waals surface area contributed by atoms with Crippen LogP contribution < -0.4 is 4.74 Å². The number of ketones is 1. The van der Waals surface area contributed by atoms with Gasteiger partial charge in [-0.1, -0.05) is 15.9 Å². The Bertz CT molecular complexity index is 537. The van der Waals surface area contributed by atoms with Crippen molar-refractivity contribution in [2.24, 2.45) is 0 Å². The molecule has 0 atom stereocenters. The molecule has 0 amide bonds. The van der Waals surface area contributed by atoms with Crippen molar-refractivity contribution >= 4 is 21.7 Å². The Balaban J connectivity index is 2.21. The Morgan fingerprint density at radius 1 is 1.24 bits per heavy atom. The largest absolute Gasteiger partial charge is 0.439 e. The van der Waals surface area contributed by atoms with Crippen LogP contribution in [0, 0.1) is 0 Å². The van der Waals surface area contributed by atoms with E-state index in [-0.39, 0.29) is 5.78 Å². The number of rotatable bonds is 3. The molecule has 0 aliphatic rings. The minimum absolute atomic E-state index is 0.00643. The van der Waals surface area contributed by atoms with Gasteiger partial charge in [-0.3, -0.25) is 4.79 Å². The number of pyridine rings is 1. The molecule has 0 bridgehead atoms. The van der Waals surface area contributed by atoms with E-state index in [2.05, 4.69) is 20.9 Å². The van der Waals surface area contributed by atoms with Crippen molar-refractivity contribution in [3.8, 4) is 11.6 Å². The van der Waals surface area contributed by atoms with E-state index in [0.29, 0.717) is 17.2 Å². The van der Waals surface area contributed by atoms with Crippen LogP contribution in [0.15, 0.2) is 47.1 Å². The van der Waals surface area contributed by atoms with Gasteiger partial charge in [-0.05, 0) is 37.3 Å². The first-order valence-corrected chi connectivity index (χ1v) is 5.85. The van der Waals surface area contributed by atoms with Gasteiger partial charge in [0.15, 0.2) is 5.78 Å². The summed E-state index contributed by atoms with van der Waals surface area (Å²) in [6.07, 6.45) is 1.56. The summed E-state index contributed by atoms with van der Waals surface area (Å²) >= 11 is 3.35. The number of nitrogens with zero attached hydrogens (tertiary/aromatic N) is 1. The quantitative estimate of drug-likeness (QED) is 0.807. The third-order valence-electron chi connectivity index (χ3n) is 2.18. The van der Waals surface area contributed by atoms with Crippen molar-refractivity contribution in [3.05, 3.63) is 52.6 Å². The fourth-order valence-corrected chi connectivity index (χ4v) is 1.57. The fourth-order valence-electron chi connectivity index (χ4n) is 1.31. The molecular formula is C13H10BrNO2. The minimum Gasteiger partial charge on any atom is -0.439 e. The van der Waals surface area contributed by atoms with Gasteiger partial charge in [0.05, 0.1) is 0 Å². The van der Waals surface area contributed by atoms with Crippen LogP contribution in [0.4, 0.5) is 0 Å². The molecule has 0 saturated carbocycles. The SMILES string of the molecule is CC(=O)c1ccnc(Oc2ccc(Br)cc2)c1. The summed E-state index contributed by atoms with van der Waals surface area (Å²) in [5, 5.41) is 0. The van der Waals surface area contributed by atoms with E-state index >= 15 is 0 Å². The summed E-state index contributed by atoms with van der Waals surface area (Å²) in [6, 6.07) is 10.7. The summed E-state index contributed by atoms with van der Waals surface area (Å²) < 4.78 is 6.52. The van der Waals surface area contributed by atoms with Gasteiger partial charge in [0.25, 0.3) is 0 Å². The molecule has 0 radical (unpaired) electrons. The van der Waals surface area contributed by atoms with Gasteiger partial charge in [-0.15, -0.1) is 0 Å². The average Bonchev–Trinajstić information content (AvgIpc) is 2.32. The summed E-state index contributed by atoms with van der Waals surface area (Å²) in [5.74, 6) is 1.09. The number of Topliss-reactive ketones (excluding diaryl/α,β-unsaturated/α-hetero) is 1. The van der Waals surface area contributed by atoms with Gasteiger partial charge in [-0.25, -0.2) is 4.98 Å². The van der Waals surface area contributed by atoms with Gasteiger partial charge in [-0.2, -0.15) is 0 Å². The Morgan fingerprint density at radius 3 is 2.59 bits per heavy atom. The zero-order chi connectivity index (χ0) is 12.3. The van der Waals surface area contributed by atoms with Crippen LogP contribution in [0.2, 0.25) is 0 Å². The van der Waals surface area contributed by atoms with Crippen LogP contribution in [0.25, 0.3) is 0 Å². The Kier molecular flexibility index (Phi) is 3.54. The lowest BCUT2D eigenvalue weighted by molar-refractivity contribution is 0.101. The first-order chi connectivity index (χ1) is 8.15. The molecule has 17 heavy (non-hydrogen) atoms. The number of hydrogen-bond acceptors (Lipinski definition) is 3.